The average Bonchev–Trinajstić information content (AvgIpc) is 3.18. The molecule has 0 radical (unpaired) electrons. The van der Waals surface area contributed by atoms with Gasteiger partial charge in [-0.3, -0.25) is 9.59 Å². The summed E-state index contributed by atoms with van der Waals surface area (Å²) in [5.41, 5.74) is 1.81. The summed E-state index contributed by atoms with van der Waals surface area (Å²) in [5.74, 6) is 1.32. The molecule has 7 heteroatoms. The molecule has 0 atom stereocenters. The van der Waals surface area contributed by atoms with E-state index in [0.717, 1.165) is 16.9 Å². The van der Waals surface area contributed by atoms with Gasteiger partial charge >= 0.3 is 5.97 Å². The van der Waals surface area contributed by atoms with Gasteiger partial charge < -0.3 is 24.3 Å². The number of benzene rings is 2. The summed E-state index contributed by atoms with van der Waals surface area (Å²) in [6.45, 7) is 2.68. The maximum Gasteiger partial charge on any atom is 0.306 e. The van der Waals surface area contributed by atoms with Crippen molar-refractivity contribution in [3.05, 3.63) is 53.6 Å². The summed E-state index contributed by atoms with van der Waals surface area (Å²) in [7, 11) is 0. The Kier molecular flexibility index (Phi) is 6.73. The standard InChI is InChI=1S/C21H23NO6/c1-2-25-17-6-4-3-5-16(17)8-10-21(24)26-13-20(23)22-12-15-7-9-18-19(11-15)28-14-27-18/h3-7,9,11H,2,8,10,12-14H2,1H3,(H,22,23). The number of rotatable bonds is 9. The molecule has 0 fully saturated rings. The zero-order chi connectivity index (χ0) is 19.8. The first kappa shape index (κ1) is 19.5. The van der Waals surface area contributed by atoms with Gasteiger partial charge in [-0.2, -0.15) is 0 Å². The number of carbonyl (C=O) groups excluding carboxylic acids is 2. The molecule has 3 rings (SSSR count). The molecule has 0 saturated heterocycles. The van der Waals surface area contributed by atoms with Gasteiger partial charge in [0.2, 0.25) is 6.79 Å². The van der Waals surface area contributed by atoms with Gasteiger partial charge in [-0.05, 0) is 42.7 Å². The van der Waals surface area contributed by atoms with Crippen molar-refractivity contribution in [1.82, 2.24) is 5.32 Å². The van der Waals surface area contributed by atoms with E-state index in [1.54, 1.807) is 6.07 Å². The molecule has 0 bridgehead atoms. The minimum Gasteiger partial charge on any atom is -0.494 e. The fourth-order valence-corrected chi connectivity index (χ4v) is 2.76. The first-order chi connectivity index (χ1) is 13.7. The summed E-state index contributed by atoms with van der Waals surface area (Å²) in [5, 5.41) is 2.71. The molecule has 28 heavy (non-hydrogen) atoms. The molecule has 0 spiro atoms. The highest BCUT2D eigenvalue weighted by atomic mass is 16.7. The highest BCUT2D eigenvalue weighted by Crippen LogP contribution is 2.32. The van der Waals surface area contributed by atoms with Gasteiger partial charge in [-0.1, -0.05) is 24.3 Å². The molecule has 0 aromatic heterocycles. The van der Waals surface area contributed by atoms with E-state index >= 15 is 0 Å². The maximum atomic E-state index is 11.9. The number of esters is 1. The van der Waals surface area contributed by atoms with Crippen molar-refractivity contribution in [2.24, 2.45) is 0 Å². The third kappa shape index (κ3) is 5.39. The quantitative estimate of drug-likeness (QED) is 0.668. The van der Waals surface area contributed by atoms with Crippen LogP contribution in [0.25, 0.3) is 0 Å². The van der Waals surface area contributed by atoms with Gasteiger partial charge in [0.1, 0.15) is 5.75 Å². The Morgan fingerprint density at radius 3 is 2.79 bits per heavy atom. The van der Waals surface area contributed by atoms with Crippen LogP contribution in [0, 0.1) is 0 Å². The average molecular weight is 385 g/mol. The monoisotopic (exact) mass is 385 g/mol. The fourth-order valence-electron chi connectivity index (χ4n) is 2.76. The molecule has 0 saturated carbocycles. The van der Waals surface area contributed by atoms with Crippen molar-refractivity contribution in [3.63, 3.8) is 0 Å². The zero-order valence-corrected chi connectivity index (χ0v) is 15.7. The molecule has 2 aromatic rings. The van der Waals surface area contributed by atoms with Crippen molar-refractivity contribution in [3.8, 4) is 17.2 Å². The van der Waals surface area contributed by atoms with E-state index in [-0.39, 0.29) is 25.7 Å². The molecule has 1 amide bonds. The molecule has 2 aromatic carbocycles. The number of nitrogens with one attached hydrogen (secondary N) is 1. The number of fused-ring (bicyclic) bond motifs is 1. The molecular weight excluding hydrogens is 362 g/mol. The Labute approximate surface area is 163 Å². The Morgan fingerprint density at radius 2 is 1.93 bits per heavy atom. The molecule has 7 nitrogen and oxygen atoms in total. The molecule has 1 aliphatic heterocycles. The van der Waals surface area contributed by atoms with Crippen LogP contribution in [0.5, 0.6) is 17.2 Å². The van der Waals surface area contributed by atoms with Crippen LogP contribution in [0.3, 0.4) is 0 Å². The lowest BCUT2D eigenvalue weighted by Gasteiger charge is -2.10. The van der Waals surface area contributed by atoms with E-state index in [0.29, 0.717) is 31.1 Å². The van der Waals surface area contributed by atoms with E-state index in [9.17, 15) is 9.59 Å². The first-order valence-corrected chi connectivity index (χ1v) is 9.17. The Bertz CT molecular complexity index is 835. The number of hydrogen-bond donors (Lipinski definition) is 1. The third-order valence-corrected chi connectivity index (χ3v) is 4.16. The lowest BCUT2D eigenvalue weighted by Crippen LogP contribution is -2.28. The van der Waals surface area contributed by atoms with E-state index < -0.39 is 5.97 Å². The van der Waals surface area contributed by atoms with Crippen LogP contribution in [0.4, 0.5) is 0 Å². The van der Waals surface area contributed by atoms with Crippen LogP contribution >= 0.6 is 0 Å². The van der Waals surface area contributed by atoms with Gasteiger partial charge in [-0.25, -0.2) is 0 Å². The summed E-state index contributed by atoms with van der Waals surface area (Å²) in [6, 6.07) is 13.0. The van der Waals surface area contributed by atoms with E-state index in [2.05, 4.69) is 5.32 Å². The van der Waals surface area contributed by atoms with Crippen LogP contribution in [0.1, 0.15) is 24.5 Å². The number of ether oxygens (including phenoxy) is 4. The Hall–Kier alpha value is -3.22. The molecule has 1 heterocycles. The van der Waals surface area contributed by atoms with Crippen LogP contribution in [-0.4, -0.2) is 31.9 Å². The normalized spacial score (nSPS) is 11.8. The van der Waals surface area contributed by atoms with Crippen molar-refractivity contribution in [1.29, 1.82) is 0 Å². The number of amides is 1. The smallest absolute Gasteiger partial charge is 0.306 e. The zero-order valence-electron chi connectivity index (χ0n) is 15.7. The SMILES string of the molecule is CCOc1ccccc1CCC(=O)OCC(=O)NCc1ccc2c(c1)OCO2. The number of para-hydroxylation sites is 1. The minimum absolute atomic E-state index is 0.180. The number of carbonyl (C=O) groups is 2. The van der Waals surface area contributed by atoms with E-state index in [1.807, 2.05) is 43.3 Å². The Morgan fingerprint density at radius 1 is 1.11 bits per heavy atom. The third-order valence-electron chi connectivity index (χ3n) is 4.16. The lowest BCUT2D eigenvalue weighted by molar-refractivity contribution is -0.148. The largest absolute Gasteiger partial charge is 0.494 e. The molecule has 0 unspecified atom stereocenters. The summed E-state index contributed by atoms with van der Waals surface area (Å²) in [4.78, 5) is 23.8. The van der Waals surface area contributed by atoms with E-state index in [4.69, 9.17) is 18.9 Å². The van der Waals surface area contributed by atoms with Crippen molar-refractivity contribution < 1.29 is 28.5 Å². The van der Waals surface area contributed by atoms with Crippen LogP contribution in [0.15, 0.2) is 42.5 Å². The van der Waals surface area contributed by atoms with Gasteiger partial charge in [0.25, 0.3) is 5.91 Å². The highest BCUT2D eigenvalue weighted by Gasteiger charge is 2.14. The predicted octanol–water partition coefficient (Wildman–Crippen LogP) is 2.61. The summed E-state index contributed by atoms with van der Waals surface area (Å²) < 4.78 is 21.1. The molecule has 1 aliphatic rings. The second-order valence-corrected chi connectivity index (χ2v) is 6.17. The van der Waals surface area contributed by atoms with Gasteiger partial charge in [0, 0.05) is 13.0 Å². The van der Waals surface area contributed by atoms with E-state index in [1.165, 1.54) is 0 Å². The van der Waals surface area contributed by atoms with Crippen LogP contribution in [-0.2, 0) is 27.3 Å². The Balaban J connectivity index is 1.38. The van der Waals surface area contributed by atoms with Gasteiger partial charge in [-0.15, -0.1) is 0 Å². The van der Waals surface area contributed by atoms with Crippen molar-refractivity contribution >= 4 is 11.9 Å². The van der Waals surface area contributed by atoms with Crippen LogP contribution in [0.2, 0.25) is 0 Å². The van der Waals surface area contributed by atoms with Gasteiger partial charge in [0.05, 0.1) is 6.61 Å². The first-order valence-electron chi connectivity index (χ1n) is 9.17. The maximum absolute atomic E-state index is 11.9. The summed E-state index contributed by atoms with van der Waals surface area (Å²) >= 11 is 0. The van der Waals surface area contributed by atoms with Crippen molar-refractivity contribution in [2.45, 2.75) is 26.3 Å². The molecular formula is C21H23NO6. The second-order valence-electron chi connectivity index (χ2n) is 6.17. The van der Waals surface area contributed by atoms with Gasteiger partial charge in [0.15, 0.2) is 18.1 Å². The minimum atomic E-state index is -0.426. The highest BCUT2D eigenvalue weighted by molar-refractivity contribution is 5.80. The number of aryl methyl sites for hydroxylation is 1. The molecule has 148 valence electrons. The van der Waals surface area contributed by atoms with Crippen molar-refractivity contribution in [2.75, 3.05) is 20.0 Å². The van der Waals surface area contributed by atoms with Crippen LogP contribution < -0.4 is 19.5 Å². The summed E-state index contributed by atoms with van der Waals surface area (Å²) in [6.07, 6.45) is 0.674. The lowest BCUT2D eigenvalue weighted by atomic mass is 10.1. The fraction of sp³-hybridized carbons (Fsp3) is 0.333. The number of hydrogen-bond acceptors (Lipinski definition) is 6. The topological polar surface area (TPSA) is 83.1 Å². The molecule has 1 N–H and O–H groups in total. The predicted molar refractivity (Wildman–Crippen MR) is 101 cm³/mol. The molecule has 0 aliphatic carbocycles. The second kappa shape index (κ2) is 9.64.